The second kappa shape index (κ2) is 9.21. The summed E-state index contributed by atoms with van der Waals surface area (Å²) in [4.78, 5) is 12.4. The van der Waals surface area contributed by atoms with Crippen molar-refractivity contribution in [3.63, 3.8) is 0 Å². The molecule has 0 saturated carbocycles. The molecule has 0 aliphatic heterocycles. The molecule has 158 valence electrons. The minimum atomic E-state index is -0.119. The van der Waals surface area contributed by atoms with Gasteiger partial charge in [-0.15, -0.1) is 10.2 Å². The molecule has 1 aromatic heterocycles. The van der Waals surface area contributed by atoms with E-state index in [-0.39, 0.29) is 18.3 Å². The number of nitrogens with zero attached hydrogens (tertiary/aromatic N) is 3. The van der Waals surface area contributed by atoms with Gasteiger partial charge >= 0.3 is 0 Å². The van der Waals surface area contributed by atoms with Crippen molar-refractivity contribution >= 4 is 23.4 Å². The van der Waals surface area contributed by atoms with Crippen LogP contribution in [0, 0.1) is 34.6 Å². The molecule has 0 fully saturated rings. The topological polar surface area (TPSA) is 95.1 Å². The summed E-state index contributed by atoms with van der Waals surface area (Å²) >= 11 is 1.23. The summed E-state index contributed by atoms with van der Waals surface area (Å²) in [7, 11) is 0. The summed E-state index contributed by atoms with van der Waals surface area (Å²) in [6.45, 7) is 10.2. The highest BCUT2D eigenvalue weighted by Crippen LogP contribution is 2.23. The van der Waals surface area contributed by atoms with Crippen LogP contribution in [0.2, 0.25) is 0 Å². The predicted molar refractivity (Wildman–Crippen MR) is 120 cm³/mol. The van der Waals surface area contributed by atoms with Crippen LogP contribution in [0.5, 0.6) is 5.75 Å². The van der Waals surface area contributed by atoms with Crippen molar-refractivity contribution < 1.29 is 9.53 Å². The first-order chi connectivity index (χ1) is 14.2. The summed E-state index contributed by atoms with van der Waals surface area (Å²) in [6.07, 6.45) is 0. The van der Waals surface area contributed by atoms with Gasteiger partial charge in [-0.05, 0) is 57.4 Å². The monoisotopic (exact) mass is 425 g/mol. The van der Waals surface area contributed by atoms with Crippen LogP contribution < -0.4 is 15.9 Å². The number of thioether (sulfide) groups is 1. The van der Waals surface area contributed by atoms with E-state index < -0.39 is 0 Å². The van der Waals surface area contributed by atoms with Crippen molar-refractivity contribution in [1.82, 2.24) is 14.9 Å². The highest BCUT2D eigenvalue weighted by molar-refractivity contribution is 7.99. The minimum absolute atomic E-state index is 0.119. The van der Waals surface area contributed by atoms with E-state index in [9.17, 15) is 4.79 Å². The third-order valence-corrected chi connectivity index (χ3v) is 5.64. The largest absolute Gasteiger partial charge is 0.485 e. The zero-order chi connectivity index (χ0) is 21.8. The number of hydrogen-bond donors (Lipinski definition) is 2. The smallest absolute Gasteiger partial charge is 0.234 e. The molecule has 0 saturated heterocycles. The van der Waals surface area contributed by atoms with E-state index in [1.54, 1.807) is 0 Å². The van der Waals surface area contributed by atoms with E-state index in [0.29, 0.717) is 11.0 Å². The Morgan fingerprint density at radius 3 is 2.37 bits per heavy atom. The molecule has 3 aromatic rings. The molecule has 0 unspecified atom stereocenters. The van der Waals surface area contributed by atoms with Gasteiger partial charge in [0, 0.05) is 5.69 Å². The SMILES string of the molecule is Cc1ccc(OCc2nnc(SCC(=O)Nc3c(C)cc(C)cc3C)n2N)c(C)c1. The number of nitrogens with one attached hydrogen (secondary N) is 1. The van der Waals surface area contributed by atoms with Crippen LogP contribution in [-0.4, -0.2) is 26.5 Å². The number of carbonyl (C=O) groups excluding carboxylic acids is 1. The van der Waals surface area contributed by atoms with E-state index in [1.165, 1.54) is 27.6 Å². The fraction of sp³-hybridized carbons (Fsp3) is 0.318. The number of benzene rings is 2. The van der Waals surface area contributed by atoms with Crippen LogP contribution in [0.3, 0.4) is 0 Å². The van der Waals surface area contributed by atoms with E-state index in [0.717, 1.165) is 28.1 Å². The molecule has 1 heterocycles. The number of nitrogens with two attached hydrogens (primary N) is 1. The van der Waals surface area contributed by atoms with Gasteiger partial charge in [-0.2, -0.15) is 0 Å². The van der Waals surface area contributed by atoms with Gasteiger partial charge in [0.2, 0.25) is 11.1 Å². The highest BCUT2D eigenvalue weighted by atomic mass is 32.2. The average Bonchev–Trinajstić information content (AvgIpc) is 3.02. The second-order valence-corrected chi connectivity index (χ2v) is 8.38. The average molecular weight is 426 g/mol. The molecule has 3 N–H and O–H groups in total. The van der Waals surface area contributed by atoms with Gasteiger partial charge in [0.1, 0.15) is 12.4 Å². The van der Waals surface area contributed by atoms with Gasteiger partial charge in [0.25, 0.3) is 0 Å². The van der Waals surface area contributed by atoms with Crippen LogP contribution >= 0.6 is 11.8 Å². The Kier molecular flexibility index (Phi) is 6.66. The van der Waals surface area contributed by atoms with Gasteiger partial charge in [0.05, 0.1) is 5.75 Å². The van der Waals surface area contributed by atoms with Gasteiger partial charge in [-0.3, -0.25) is 4.79 Å². The number of ether oxygens (including phenoxy) is 1. The number of nitrogen functional groups attached to an aromatic ring is 1. The number of aryl methyl sites for hydroxylation is 5. The second-order valence-electron chi connectivity index (χ2n) is 7.44. The molecule has 3 rings (SSSR count). The number of amides is 1. The zero-order valence-corrected chi connectivity index (χ0v) is 18.8. The summed E-state index contributed by atoms with van der Waals surface area (Å²) in [6, 6.07) is 10.1. The Morgan fingerprint density at radius 2 is 1.70 bits per heavy atom. The molecular formula is C22H27N5O2S. The van der Waals surface area contributed by atoms with E-state index in [2.05, 4.69) is 21.6 Å². The lowest BCUT2D eigenvalue weighted by atomic mass is 10.1. The molecule has 0 spiro atoms. The standard InChI is InChI=1S/C22H27N5O2S/c1-13-6-7-18(15(3)8-13)29-11-19-25-26-22(27(19)23)30-12-20(28)24-21-16(4)9-14(2)10-17(21)5/h6-10H,11-12,23H2,1-5H3,(H,24,28). The first-order valence-corrected chi connectivity index (χ1v) is 10.6. The van der Waals surface area contributed by atoms with Crippen molar-refractivity contribution in [2.75, 3.05) is 16.9 Å². The van der Waals surface area contributed by atoms with E-state index in [1.807, 2.05) is 58.9 Å². The molecule has 0 bridgehead atoms. The van der Waals surface area contributed by atoms with Crippen LogP contribution in [0.25, 0.3) is 0 Å². The molecule has 0 radical (unpaired) electrons. The van der Waals surface area contributed by atoms with Gasteiger partial charge in [0.15, 0.2) is 5.82 Å². The molecule has 2 aromatic carbocycles. The highest BCUT2D eigenvalue weighted by Gasteiger charge is 2.14. The zero-order valence-electron chi connectivity index (χ0n) is 17.9. The lowest BCUT2D eigenvalue weighted by Crippen LogP contribution is -2.18. The Hall–Kier alpha value is -3.00. The van der Waals surface area contributed by atoms with E-state index in [4.69, 9.17) is 10.6 Å². The first-order valence-electron chi connectivity index (χ1n) is 9.64. The maximum atomic E-state index is 12.4. The fourth-order valence-electron chi connectivity index (χ4n) is 3.29. The Morgan fingerprint density at radius 1 is 1.03 bits per heavy atom. The van der Waals surface area contributed by atoms with Crippen molar-refractivity contribution in [2.24, 2.45) is 0 Å². The molecular weight excluding hydrogens is 398 g/mol. The molecule has 0 atom stereocenters. The minimum Gasteiger partial charge on any atom is -0.485 e. The lowest BCUT2D eigenvalue weighted by molar-refractivity contribution is -0.113. The van der Waals surface area contributed by atoms with Crippen LogP contribution in [0.1, 0.15) is 33.6 Å². The van der Waals surface area contributed by atoms with Crippen LogP contribution in [0.15, 0.2) is 35.5 Å². The van der Waals surface area contributed by atoms with E-state index >= 15 is 0 Å². The van der Waals surface area contributed by atoms with Gasteiger partial charge in [-0.1, -0.05) is 47.2 Å². The molecule has 0 aliphatic carbocycles. The van der Waals surface area contributed by atoms with Crippen LogP contribution in [0.4, 0.5) is 5.69 Å². The third kappa shape index (κ3) is 5.13. The number of anilines is 1. The normalized spacial score (nSPS) is 10.8. The summed E-state index contributed by atoms with van der Waals surface area (Å²) < 4.78 is 7.19. The van der Waals surface area contributed by atoms with Crippen molar-refractivity contribution in [3.8, 4) is 5.75 Å². The molecule has 1 amide bonds. The first kappa shape index (κ1) is 21.7. The van der Waals surface area contributed by atoms with Crippen molar-refractivity contribution in [2.45, 2.75) is 46.4 Å². The fourth-order valence-corrected chi connectivity index (χ4v) is 3.97. The predicted octanol–water partition coefficient (Wildman–Crippen LogP) is 3.84. The molecule has 30 heavy (non-hydrogen) atoms. The summed E-state index contributed by atoms with van der Waals surface area (Å²) in [5.41, 5.74) is 6.32. The Labute approximate surface area is 181 Å². The maximum absolute atomic E-state index is 12.4. The summed E-state index contributed by atoms with van der Waals surface area (Å²) in [5, 5.41) is 11.6. The summed E-state index contributed by atoms with van der Waals surface area (Å²) in [5.74, 6) is 7.42. The van der Waals surface area contributed by atoms with Gasteiger partial charge in [-0.25, -0.2) is 4.68 Å². The molecule has 0 aliphatic rings. The quantitative estimate of drug-likeness (QED) is 0.441. The van der Waals surface area contributed by atoms with Crippen molar-refractivity contribution in [1.29, 1.82) is 0 Å². The molecule has 8 heteroatoms. The van der Waals surface area contributed by atoms with Crippen LogP contribution in [-0.2, 0) is 11.4 Å². The number of carbonyl (C=O) groups is 1. The molecule has 7 nitrogen and oxygen atoms in total. The third-order valence-electron chi connectivity index (χ3n) is 4.70. The Balaban J connectivity index is 1.58. The number of hydrogen-bond acceptors (Lipinski definition) is 6. The number of rotatable bonds is 7. The van der Waals surface area contributed by atoms with Crippen molar-refractivity contribution in [3.05, 3.63) is 64.0 Å². The van der Waals surface area contributed by atoms with Gasteiger partial charge < -0.3 is 15.9 Å². The lowest BCUT2D eigenvalue weighted by Gasteiger charge is -2.12. The Bertz CT molecular complexity index is 1050. The number of aromatic nitrogens is 3. The maximum Gasteiger partial charge on any atom is 0.234 e.